The van der Waals surface area contributed by atoms with Crippen LogP contribution in [0.15, 0.2) is 5.10 Å². The molecule has 0 saturated carbocycles. The van der Waals surface area contributed by atoms with Crippen LogP contribution in [0.2, 0.25) is 0 Å². The van der Waals surface area contributed by atoms with Gasteiger partial charge in [0.05, 0.1) is 0 Å². The molecule has 0 saturated heterocycles. The molecular weight excluding hydrogens is 130 g/mol. The molecule has 0 unspecified atom stereocenters. The molecule has 3 N–H and O–H groups in total. The maximum absolute atomic E-state index is 10.0. The molecule has 4 nitrogen and oxygen atoms in total. The topological polar surface area (TPSA) is 67.5 Å². The third-order valence-electron chi connectivity index (χ3n) is 0.953. The fourth-order valence-electron chi connectivity index (χ4n) is 0.469. The van der Waals surface area contributed by atoms with Crippen LogP contribution in [0.4, 0.5) is 4.79 Å². The average molecular weight is 143 g/mol. The van der Waals surface area contributed by atoms with Crippen molar-refractivity contribution in [1.82, 2.24) is 5.43 Å². The molecule has 0 aliphatic rings. The fourth-order valence-corrected chi connectivity index (χ4v) is 0.469. The molecule has 0 aromatic carbocycles. The van der Waals surface area contributed by atoms with Crippen molar-refractivity contribution in [1.29, 1.82) is 0 Å². The maximum atomic E-state index is 10.0. The zero-order chi connectivity index (χ0) is 7.82. The molecule has 58 valence electrons. The highest BCUT2D eigenvalue weighted by atomic mass is 16.2. The number of carbonyl (C=O) groups excluding carboxylic acids is 1. The van der Waals surface area contributed by atoms with E-state index in [1.165, 1.54) is 0 Å². The molecular formula is C6H13N3O. The van der Waals surface area contributed by atoms with E-state index < -0.39 is 6.03 Å². The van der Waals surface area contributed by atoms with Crippen molar-refractivity contribution in [3.8, 4) is 0 Å². The van der Waals surface area contributed by atoms with Crippen LogP contribution >= 0.6 is 0 Å². The van der Waals surface area contributed by atoms with Gasteiger partial charge in [0.25, 0.3) is 0 Å². The van der Waals surface area contributed by atoms with Crippen molar-refractivity contribution >= 4 is 12.2 Å². The van der Waals surface area contributed by atoms with Gasteiger partial charge in [0, 0.05) is 6.21 Å². The Hall–Kier alpha value is -1.06. The summed E-state index contributed by atoms with van der Waals surface area (Å²) in [7, 11) is 0. The lowest BCUT2D eigenvalue weighted by atomic mass is 10.3. The predicted molar refractivity (Wildman–Crippen MR) is 40.7 cm³/mol. The summed E-state index contributed by atoms with van der Waals surface area (Å²) in [6.07, 6.45) is 4.75. The van der Waals surface area contributed by atoms with Gasteiger partial charge in [-0.1, -0.05) is 13.3 Å². The SMILES string of the molecule is CCCC/C=N/NC(N)=O. The lowest BCUT2D eigenvalue weighted by Gasteiger charge is -1.89. The number of nitrogens with one attached hydrogen (secondary N) is 1. The quantitative estimate of drug-likeness (QED) is 0.341. The number of urea groups is 1. The number of nitrogens with zero attached hydrogens (tertiary/aromatic N) is 1. The summed E-state index contributed by atoms with van der Waals surface area (Å²) in [5.41, 5.74) is 6.86. The predicted octanol–water partition coefficient (Wildman–Crippen LogP) is 0.831. The second kappa shape index (κ2) is 6.07. The lowest BCUT2D eigenvalue weighted by molar-refractivity contribution is 0.249. The van der Waals surface area contributed by atoms with Crippen LogP contribution in [0, 0.1) is 0 Å². The van der Waals surface area contributed by atoms with Gasteiger partial charge >= 0.3 is 6.03 Å². The number of primary amides is 1. The third kappa shape index (κ3) is 6.94. The molecule has 0 aromatic rings. The van der Waals surface area contributed by atoms with E-state index in [4.69, 9.17) is 5.73 Å². The number of hydrogen-bond donors (Lipinski definition) is 2. The molecule has 0 atom stereocenters. The van der Waals surface area contributed by atoms with E-state index in [1.54, 1.807) is 6.21 Å². The van der Waals surface area contributed by atoms with E-state index in [-0.39, 0.29) is 0 Å². The molecule has 0 rings (SSSR count). The summed E-state index contributed by atoms with van der Waals surface area (Å²) in [4.78, 5) is 10.0. The molecule has 0 aliphatic carbocycles. The second-order valence-electron chi connectivity index (χ2n) is 1.93. The van der Waals surface area contributed by atoms with Crippen molar-refractivity contribution in [2.24, 2.45) is 10.8 Å². The Kier molecular flexibility index (Phi) is 5.42. The minimum atomic E-state index is -0.618. The van der Waals surface area contributed by atoms with E-state index in [1.807, 2.05) is 0 Å². The first kappa shape index (κ1) is 8.94. The Balaban J connectivity index is 3.12. The molecule has 0 spiro atoms. The van der Waals surface area contributed by atoms with Crippen molar-refractivity contribution < 1.29 is 4.79 Å². The van der Waals surface area contributed by atoms with Crippen LogP contribution in [-0.4, -0.2) is 12.2 Å². The van der Waals surface area contributed by atoms with Crippen LogP contribution in [0.5, 0.6) is 0 Å². The molecule has 0 heterocycles. The first-order valence-corrected chi connectivity index (χ1v) is 3.34. The van der Waals surface area contributed by atoms with Gasteiger partial charge in [0.2, 0.25) is 0 Å². The average Bonchev–Trinajstić information content (AvgIpc) is 1.87. The van der Waals surface area contributed by atoms with Gasteiger partial charge < -0.3 is 5.73 Å². The monoisotopic (exact) mass is 143 g/mol. The Labute approximate surface area is 60.5 Å². The highest BCUT2D eigenvalue weighted by Crippen LogP contribution is 1.88. The number of amides is 2. The largest absolute Gasteiger partial charge is 0.350 e. The smallest absolute Gasteiger partial charge is 0.332 e. The lowest BCUT2D eigenvalue weighted by Crippen LogP contribution is -2.24. The van der Waals surface area contributed by atoms with Gasteiger partial charge in [-0.25, -0.2) is 10.2 Å². The zero-order valence-electron chi connectivity index (χ0n) is 6.13. The zero-order valence-corrected chi connectivity index (χ0v) is 6.13. The highest BCUT2D eigenvalue weighted by Gasteiger charge is 1.82. The van der Waals surface area contributed by atoms with Gasteiger partial charge in [-0.3, -0.25) is 0 Å². The summed E-state index contributed by atoms with van der Waals surface area (Å²) >= 11 is 0. The molecule has 10 heavy (non-hydrogen) atoms. The van der Waals surface area contributed by atoms with Gasteiger partial charge in [-0.15, -0.1) is 0 Å². The Morgan fingerprint density at radius 2 is 2.50 bits per heavy atom. The van der Waals surface area contributed by atoms with Crippen LogP contribution in [0.1, 0.15) is 26.2 Å². The van der Waals surface area contributed by atoms with Gasteiger partial charge in [-0.2, -0.15) is 5.10 Å². The minimum absolute atomic E-state index is 0.618. The summed E-state index contributed by atoms with van der Waals surface area (Å²) in [6.45, 7) is 2.09. The molecule has 0 fully saturated rings. The van der Waals surface area contributed by atoms with Gasteiger partial charge in [0.15, 0.2) is 0 Å². The second-order valence-corrected chi connectivity index (χ2v) is 1.93. The molecule has 0 radical (unpaired) electrons. The molecule has 0 aliphatic heterocycles. The number of carbonyl (C=O) groups is 1. The maximum Gasteiger partial charge on any atom is 0.332 e. The number of hydrazone groups is 1. The summed E-state index contributed by atoms with van der Waals surface area (Å²) < 4.78 is 0. The highest BCUT2D eigenvalue weighted by molar-refractivity contribution is 5.72. The number of unbranched alkanes of at least 4 members (excludes halogenated alkanes) is 2. The summed E-state index contributed by atoms with van der Waals surface area (Å²) in [6, 6.07) is -0.618. The summed E-state index contributed by atoms with van der Waals surface area (Å²) in [5, 5.41) is 3.56. The number of rotatable bonds is 4. The van der Waals surface area contributed by atoms with Crippen LogP contribution in [-0.2, 0) is 0 Å². The Morgan fingerprint density at radius 3 is 3.00 bits per heavy atom. The number of nitrogens with two attached hydrogens (primary N) is 1. The van der Waals surface area contributed by atoms with Crippen molar-refractivity contribution in [2.75, 3.05) is 0 Å². The summed E-state index contributed by atoms with van der Waals surface area (Å²) in [5.74, 6) is 0. The molecule has 4 heteroatoms. The van der Waals surface area contributed by atoms with E-state index >= 15 is 0 Å². The van der Waals surface area contributed by atoms with Crippen molar-refractivity contribution in [3.63, 3.8) is 0 Å². The van der Waals surface area contributed by atoms with E-state index in [9.17, 15) is 4.79 Å². The van der Waals surface area contributed by atoms with E-state index in [0.29, 0.717) is 0 Å². The molecule has 2 amide bonds. The normalized spacial score (nSPS) is 10.1. The number of hydrogen-bond acceptors (Lipinski definition) is 2. The standard InChI is InChI=1S/C6H13N3O/c1-2-3-4-5-8-9-6(7)10/h5H,2-4H2,1H3,(H3,7,9,10)/b8-5+. The molecule has 0 aromatic heterocycles. The van der Waals surface area contributed by atoms with Gasteiger partial charge in [-0.05, 0) is 12.8 Å². The van der Waals surface area contributed by atoms with Crippen molar-refractivity contribution in [3.05, 3.63) is 0 Å². The first-order chi connectivity index (χ1) is 4.77. The van der Waals surface area contributed by atoms with E-state index in [0.717, 1.165) is 19.3 Å². The Morgan fingerprint density at radius 1 is 1.80 bits per heavy atom. The van der Waals surface area contributed by atoms with Crippen molar-refractivity contribution in [2.45, 2.75) is 26.2 Å². The third-order valence-corrected chi connectivity index (χ3v) is 0.953. The fraction of sp³-hybridized carbons (Fsp3) is 0.667. The first-order valence-electron chi connectivity index (χ1n) is 3.34. The van der Waals surface area contributed by atoms with E-state index in [2.05, 4.69) is 17.5 Å². The molecule has 0 bridgehead atoms. The Bertz CT molecular complexity index is 122. The van der Waals surface area contributed by atoms with Crippen LogP contribution in [0.3, 0.4) is 0 Å². The van der Waals surface area contributed by atoms with Crippen LogP contribution < -0.4 is 11.2 Å². The van der Waals surface area contributed by atoms with Gasteiger partial charge in [0.1, 0.15) is 0 Å². The minimum Gasteiger partial charge on any atom is -0.350 e. The van der Waals surface area contributed by atoms with Crippen LogP contribution in [0.25, 0.3) is 0 Å².